The lowest BCUT2D eigenvalue weighted by atomic mass is 10.1. The van der Waals surface area contributed by atoms with Gasteiger partial charge < -0.3 is 9.55 Å². The molecule has 0 radical (unpaired) electrons. The summed E-state index contributed by atoms with van der Waals surface area (Å²) in [6, 6.07) is 12.2. The summed E-state index contributed by atoms with van der Waals surface area (Å²) < 4.78 is 15.8. The molecule has 0 fully saturated rings. The third-order valence-corrected chi connectivity index (χ3v) is 3.83. The number of benzene rings is 2. The van der Waals surface area contributed by atoms with Gasteiger partial charge in [0, 0.05) is 6.07 Å². The molecule has 0 bridgehead atoms. The van der Waals surface area contributed by atoms with Crippen molar-refractivity contribution in [1.82, 2.24) is 9.55 Å². The van der Waals surface area contributed by atoms with E-state index in [1.165, 1.54) is 6.07 Å². The number of nitrogens with one attached hydrogen (secondary N) is 1. The van der Waals surface area contributed by atoms with Crippen molar-refractivity contribution in [1.29, 1.82) is 5.26 Å². The topological polar surface area (TPSA) is 44.5 Å². The molecule has 0 aliphatic heterocycles. The molecule has 3 aromatic rings. The standard InChI is InChI=1S/C15H9ClFN3S/c16-11-5-14-13(6-12(11)17)19-15(21)20(14)8-10-3-1-2-9(4-10)7-18/h1-6H,8H2,(H,19,21). The van der Waals surface area contributed by atoms with Gasteiger partial charge in [-0.1, -0.05) is 23.7 Å². The maximum Gasteiger partial charge on any atom is 0.178 e. The average Bonchev–Trinajstić information content (AvgIpc) is 2.76. The van der Waals surface area contributed by atoms with Gasteiger partial charge in [0.1, 0.15) is 5.82 Å². The van der Waals surface area contributed by atoms with Crippen LogP contribution in [-0.4, -0.2) is 9.55 Å². The lowest BCUT2D eigenvalue weighted by Crippen LogP contribution is -2.00. The van der Waals surface area contributed by atoms with Crippen molar-refractivity contribution in [3.8, 4) is 6.07 Å². The van der Waals surface area contributed by atoms with Crippen LogP contribution in [0.2, 0.25) is 5.02 Å². The van der Waals surface area contributed by atoms with Gasteiger partial charge in [-0.25, -0.2) is 4.39 Å². The van der Waals surface area contributed by atoms with Crippen LogP contribution in [0.25, 0.3) is 11.0 Å². The van der Waals surface area contributed by atoms with E-state index in [1.54, 1.807) is 18.2 Å². The van der Waals surface area contributed by atoms with E-state index in [0.29, 0.717) is 22.4 Å². The first-order valence-electron chi connectivity index (χ1n) is 6.15. The predicted molar refractivity (Wildman–Crippen MR) is 82.3 cm³/mol. The molecule has 21 heavy (non-hydrogen) atoms. The van der Waals surface area contributed by atoms with Crippen LogP contribution in [0.3, 0.4) is 0 Å². The van der Waals surface area contributed by atoms with Crippen LogP contribution in [0.5, 0.6) is 0 Å². The Kier molecular flexibility index (Phi) is 3.50. The predicted octanol–water partition coefficient (Wildman–Crippen LogP) is 4.41. The maximum atomic E-state index is 13.5. The van der Waals surface area contributed by atoms with Crippen LogP contribution >= 0.6 is 23.8 Å². The van der Waals surface area contributed by atoms with Crippen LogP contribution in [0.15, 0.2) is 36.4 Å². The van der Waals surface area contributed by atoms with Gasteiger partial charge in [0.05, 0.1) is 34.2 Å². The zero-order valence-corrected chi connectivity index (χ0v) is 12.3. The van der Waals surface area contributed by atoms with E-state index < -0.39 is 5.82 Å². The third-order valence-electron chi connectivity index (χ3n) is 3.21. The summed E-state index contributed by atoms with van der Waals surface area (Å²) in [5, 5.41) is 8.99. The van der Waals surface area contributed by atoms with E-state index in [-0.39, 0.29) is 5.02 Å². The van der Waals surface area contributed by atoms with Gasteiger partial charge in [-0.3, -0.25) is 0 Å². The number of halogens is 2. The molecule has 1 aromatic heterocycles. The molecule has 3 rings (SSSR count). The summed E-state index contributed by atoms with van der Waals surface area (Å²) >= 11 is 11.1. The van der Waals surface area contributed by atoms with E-state index in [9.17, 15) is 4.39 Å². The highest BCUT2D eigenvalue weighted by Gasteiger charge is 2.09. The molecule has 0 saturated carbocycles. The van der Waals surface area contributed by atoms with Crippen molar-refractivity contribution in [3.63, 3.8) is 0 Å². The Morgan fingerprint density at radius 2 is 2.14 bits per heavy atom. The van der Waals surface area contributed by atoms with Crippen molar-refractivity contribution >= 4 is 34.9 Å². The number of imidazole rings is 1. The normalized spacial score (nSPS) is 10.7. The average molecular weight is 318 g/mol. The molecule has 3 nitrogen and oxygen atoms in total. The zero-order valence-electron chi connectivity index (χ0n) is 10.7. The zero-order chi connectivity index (χ0) is 15.0. The number of aromatic nitrogens is 2. The number of hydrogen-bond donors (Lipinski definition) is 1. The minimum atomic E-state index is -0.487. The summed E-state index contributed by atoms with van der Waals surface area (Å²) in [6.45, 7) is 0.482. The van der Waals surface area contributed by atoms with E-state index in [2.05, 4.69) is 11.1 Å². The maximum absolute atomic E-state index is 13.5. The van der Waals surface area contributed by atoms with Gasteiger partial charge in [0.25, 0.3) is 0 Å². The second kappa shape index (κ2) is 5.32. The second-order valence-corrected chi connectivity index (χ2v) is 5.41. The molecule has 0 aliphatic carbocycles. The monoisotopic (exact) mass is 317 g/mol. The Labute approximate surface area is 130 Å². The second-order valence-electron chi connectivity index (χ2n) is 4.61. The highest BCUT2D eigenvalue weighted by atomic mass is 35.5. The van der Waals surface area contributed by atoms with Gasteiger partial charge in [-0.2, -0.15) is 5.26 Å². The minimum absolute atomic E-state index is 0.0519. The van der Waals surface area contributed by atoms with Gasteiger partial charge in [-0.15, -0.1) is 0 Å². The Balaban J connectivity index is 2.12. The highest BCUT2D eigenvalue weighted by molar-refractivity contribution is 7.71. The molecule has 6 heteroatoms. The molecule has 104 valence electrons. The molecule has 2 aromatic carbocycles. The molecule has 0 atom stereocenters. The first kappa shape index (κ1) is 13.8. The number of hydrogen-bond acceptors (Lipinski definition) is 2. The number of H-pyrrole nitrogens is 1. The number of aromatic amines is 1. The summed E-state index contributed by atoms with van der Waals surface area (Å²) in [6.07, 6.45) is 0. The fraction of sp³-hybridized carbons (Fsp3) is 0.0667. The van der Waals surface area contributed by atoms with Crippen molar-refractivity contribution in [3.05, 3.63) is 63.1 Å². The van der Waals surface area contributed by atoms with Crippen LogP contribution < -0.4 is 0 Å². The van der Waals surface area contributed by atoms with Crippen LogP contribution in [0, 0.1) is 21.9 Å². The Hall–Kier alpha value is -2.16. The van der Waals surface area contributed by atoms with Gasteiger partial charge in [0.15, 0.2) is 4.77 Å². The number of rotatable bonds is 2. The molecule has 1 heterocycles. The van der Waals surface area contributed by atoms with Gasteiger partial charge in [-0.05, 0) is 36.0 Å². The number of nitriles is 1. The quantitative estimate of drug-likeness (QED) is 0.711. The summed E-state index contributed by atoms with van der Waals surface area (Å²) in [5.41, 5.74) is 2.85. The van der Waals surface area contributed by atoms with Crippen LogP contribution in [0.4, 0.5) is 4.39 Å². The summed E-state index contributed by atoms with van der Waals surface area (Å²) in [5.74, 6) is -0.487. The van der Waals surface area contributed by atoms with Crippen molar-refractivity contribution in [2.24, 2.45) is 0 Å². The molecule has 1 N–H and O–H groups in total. The van der Waals surface area contributed by atoms with Crippen molar-refractivity contribution in [2.45, 2.75) is 6.54 Å². The molecule has 0 saturated heterocycles. The lowest BCUT2D eigenvalue weighted by molar-refractivity contribution is 0.629. The summed E-state index contributed by atoms with van der Waals surface area (Å²) in [4.78, 5) is 2.96. The summed E-state index contributed by atoms with van der Waals surface area (Å²) in [7, 11) is 0. The van der Waals surface area contributed by atoms with Gasteiger partial charge in [0.2, 0.25) is 0 Å². The Bertz CT molecular complexity index is 936. The Morgan fingerprint density at radius 1 is 1.33 bits per heavy atom. The van der Waals surface area contributed by atoms with E-state index in [4.69, 9.17) is 29.1 Å². The number of nitrogens with zero attached hydrogens (tertiary/aromatic N) is 2. The van der Waals surface area contributed by atoms with Crippen LogP contribution in [0.1, 0.15) is 11.1 Å². The molecule has 0 amide bonds. The number of fused-ring (bicyclic) bond motifs is 1. The fourth-order valence-electron chi connectivity index (χ4n) is 2.23. The molecule has 0 aliphatic rings. The molecule has 0 unspecified atom stereocenters. The largest absolute Gasteiger partial charge is 0.330 e. The fourth-order valence-corrected chi connectivity index (χ4v) is 2.66. The first-order chi connectivity index (χ1) is 10.1. The van der Waals surface area contributed by atoms with Gasteiger partial charge >= 0.3 is 0 Å². The van der Waals surface area contributed by atoms with Crippen molar-refractivity contribution in [2.75, 3.05) is 0 Å². The third kappa shape index (κ3) is 2.56. The Morgan fingerprint density at radius 3 is 2.90 bits per heavy atom. The SMILES string of the molecule is N#Cc1cccc(Cn2c(=S)[nH]c3cc(F)c(Cl)cc32)c1. The van der Waals surface area contributed by atoms with E-state index in [1.807, 2.05) is 16.7 Å². The molecule has 0 spiro atoms. The lowest BCUT2D eigenvalue weighted by Gasteiger charge is -2.06. The highest BCUT2D eigenvalue weighted by Crippen LogP contribution is 2.23. The molecular weight excluding hydrogens is 309 g/mol. The smallest absolute Gasteiger partial charge is 0.178 e. The van der Waals surface area contributed by atoms with Crippen LogP contribution in [-0.2, 0) is 6.54 Å². The molecular formula is C15H9ClFN3S. The first-order valence-corrected chi connectivity index (χ1v) is 6.93. The van der Waals surface area contributed by atoms with E-state index in [0.717, 1.165) is 11.1 Å². The minimum Gasteiger partial charge on any atom is -0.330 e. The van der Waals surface area contributed by atoms with E-state index >= 15 is 0 Å². The van der Waals surface area contributed by atoms with Crippen molar-refractivity contribution < 1.29 is 4.39 Å².